The molecule has 0 amide bonds. The van der Waals surface area contributed by atoms with Gasteiger partial charge in [0.05, 0.1) is 5.69 Å². The summed E-state index contributed by atoms with van der Waals surface area (Å²) in [6.07, 6.45) is 2.98. The number of thiazole rings is 1. The predicted molar refractivity (Wildman–Crippen MR) is 80.1 cm³/mol. The molecule has 0 aliphatic carbocycles. The van der Waals surface area contributed by atoms with Crippen LogP contribution in [0.5, 0.6) is 0 Å². The van der Waals surface area contributed by atoms with Gasteiger partial charge in [0.15, 0.2) is 10.8 Å². The van der Waals surface area contributed by atoms with E-state index in [2.05, 4.69) is 39.7 Å². The highest BCUT2D eigenvalue weighted by Crippen LogP contribution is 2.26. The number of piperazine rings is 1. The van der Waals surface area contributed by atoms with Gasteiger partial charge in [0.2, 0.25) is 0 Å². The van der Waals surface area contributed by atoms with Crippen LogP contribution in [0.2, 0.25) is 0 Å². The van der Waals surface area contributed by atoms with E-state index in [1.165, 1.54) is 5.69 Å². The van der Waals surface area contributed by atoms with Crippen LogP contribution >= 0.6 is 11.3 Å². The maximum Gasteiger partial charge on any atom is 0.195 e. The van der Waals surface area contributed by atoms with Gasteiger partial charge in [-0.1, -0.05) is 0 Å². The van der Waals surface area contributed by atoms with Gasteiger partial charge < -0.3 is 15.5 Å². The van der Waals surface area contributed by atoms with E-state index in [4.69, 9.17) is 10.7 Å². The van der Waals surface area contributed by atoms with E-state index in [0.717, 1.165) is 36.8 Å². The zero-order valence-electron chi connectivity index (χ0n) is 11.5. The van der Waals surface area contributed by atoms with Crippen LogP contribution in [0.1, 0.15) is 12.6 Å². The fourth-order valence-electron chi connectivity index (χ4n) is 2.68. The Morgan fingerprint density at radius 1 is 1.47 bits per heavy atom. The first-order chi connectivity index (χ1) is 9.20. The maximum absolute atomic E-state index is 5.76. The van der Waals surface area contributed by atoms with Gasteiger partial charge in [0.25, 0.3) is 0 Å². The highest BCUT2D eigenvalue weighted by atomic mass is 32.1. The Morgan fingerprint density at radius 3 is 3.05 bits per heavy atom. The van der Waals surface area contributed by atoms with E-state index < -0.39 is 0 Å². The molecule has 104 valence electrons. The molecule has 19 heavy (non-hydrogen) atoms. The lowest BCUT2D eigenvalue weighted by atomic mass is 10.2. The number of fused-ring (bicyclic) bond motifs is 1. The molecule has 1 fully saturated rings. The second-order valence-corrected chi connectivity index (χ2v) is 6.13. The molecule has 3 rings (SSSR count). The zero-order valence-corrected chi connectivity index (χ0v) is 12.4. The van der Waals surface area contributed by atoms with Crippen LogP contribution in [0, 0.1) is 0 Å². The number of hydrogen-bond donors (Lipinski definition) is 1. The van der Waals surface area contributed by atoms with Gasteiger partial charge in [0, 0.05) is 43.7 Å². The number of aromatic nitrogens is 2. The Hall–Kier alpha value is -1.11. The van der Waals surface area contributed by atoms with Crippen LogP contribution in [0.15, 0.2) is 11.6 Å². The van der Waals surface area contributed by atoms with Crippen molar-refractivity contribution in [1.82, 2.24) is 14.3 Å². The third kappa shape index (κ3) is 2.24. The van der Waals surface area contributed by atoms with Crippen molar-refractivity contribution in [3.63, 3.8) is 0 Å². The normalized spacial score (nSPS) is 21.4. The van der Waals surface area contributed by atoms with E-state index in [9.17, 15) is 0 Å². The molecule has 2 aromatic heterocycles. The van der Waals surface area contributed by atoms with Crippen LogP contribution < -0.4 is 10.6 Å². The van der Waals surface area contributed by atoms with Crippen LogP contribution in [-0.4, -0.2) is 53.6 Å². The molecule has 2 aromatic rings. The summed E-state index contributed by atoms with van der Waals surface area (Å²) in [5, 5.41) is 2.08. The second-order valence-electron chi connectivity index (χ2n) is 5.25. The molecule has 1 aliphatic heterocycles. The van der Waals surface area contributed by atoms with Crippen molar-refractivity contribution in [2.24, 2.45) is 5.73 Å². The number of nitrogens with two attached hydrogens (primary N) is 1. The number of anilines is 1. The first-order valence-corrected chi connectivity index (χ1v) is 7.68. The fourth-order valence-corrected chi connectivity index (χ4v) is 3.41. The Labute approximate surface area is 117 Å². The summed E-state index contributed by atoms with van der Waals surface area (Å²) in [6, 6.07) is 0.569. The number of hydrogen-bond acceptors (Lipinski definition) is 5. The molecule has 5 nitrogen and oxygen atoms in total. The van der Waals surface area contributed by atoms with Crippen molar-refractivity contribution >= 4 is 22.1 Å². The second kappa shape index (κ2) is 5.11. The Balaban J connectivity index is 1.95. The van der Waals surface area contributed by atoms with E-state index in [0.29, 0.717) is 12.6 Å². The van der Waals surface area contributed by atoms with Gasteiger partial charge in [-0.15, -0.1) is 11.3 Å². The molecule has 3 heterocycles. The smallest absolute Gasteiger partial charge is 0.195 e. The lowest BCUT2D eigenvalue weighted by Crippen LogP contribution is -2.50. The number of imidazole rings is 1. The van der Waals surface area contributed by atoms with Crippen LogP contribution in [-0.2, 0) is 6.42 Å². The third-order valence-electron chi connectivity index (χ3n) is 3.98. The van der Waals surface area contributed by atoms with Gasteiger partial charge in [-0.2, -0.15) is 0 Å². The van der Waals surface area contributed by atoms with E-state index in [-0.39, 0.29) is 0 Å². The molecule has 1 unspecified atom stereocenters. The molecule has 0 spiro atoms. The number of rotatable bonds is 3. The van der Waals surface area contributed by atoms with Crippen molar-refractivity contribution in [2.75, 3.05) is 38.1 Å². The molecule has 6 heteroatoms. The van der Waals surface area contributed by atoms with Crippen LogP contribution in [0.25, 0.3) is 4.96 Å². The zero-order chi connectivity index (χ0) is 13.4. The topological polar surface area (TPSA) is 49.8 Å². The third-order valence-corrected chi connectivity index (χ3v) is 4.74. The molecular formula is C13H21N5S. The average Bonchev–Trinajstić information content (AvgIpc) is 2.96. The van der Waals surface area contributed by atoms with Crippen molar-refractivity contribution < 1.29 is 0 Å². The lowest BCUT2D eigenvalue weighted by Gasteiger charge is -2.38. The summed E-state index contributed by atoms with van der Waals surface area (Å²) < 4.78 is 2.19. The van der Waals surface area contributed by atoms with Crippen molar-refractivity contribution in [2.45, 2.75) is 19.4 Å². The minimum Gasteiger partial charge on any atom is -0.352 e. The molecule has 2 N–H and O–H groups in total. The van der Waals surface area contributed by atoms with Crippen LogP contribution in [0.3, 0.4) is 0 Å². The van der Waals surface area contributed by atoms with Gasteiger partial charge in [-0.3, -0.25) is 4.40 Å². The van der Waals surface area contributed by atoms with Crippen molar-refractivity contribution in [3.05, 3.63) is 17.3 Å². The van der Waals surface area contributed by atoms with Gasteiger partial charge in [0.1, 0.15) is 0 Å². The molecule has 1 saturated heterocycles. The summed E-state index contributed by atoms with van der Waals surface area (Å²) in [4.78, 5) is 10.7. The van der Waals surface area contributed by atoms with E-state index in [1.807, 2.05) is 0 Å². The minimum atomic E-state index is 0.569. The first-order valence-electron chi connectivity index (χ1n) is 6.80. The van der Waals surface area contributed by atoms with Gasteiger partial charge >= 0.3 is 0 Å². The molecule has 0 radical (unpaired) electrons. The van der Waals surface area contributed by atoms with Crippen molar-refractivity contribution in [3.8, 4) is 0 Å². The highest BCUT2D eigenvalue weighted by molar-refractivity contribution is 7.15. The Kier molecular flexibility index (Phi) is 3.47. The minimum absolute atomic E-state index is 0.569. The lowest BCUT2D eigenvalue weighted by molar-refractivity contribution is 0.233. The monoisotopic (exact) mass is 279 g/mol. The quantitative estimate of drug-likeness (QED) is 0.912. The maximum atomic E-state index is 5.76. The molecule has 0 saturated carbocycles. The summed E-state index contributed by atoms with van der Waals surface area (Å²) in [6.45, 7) is 6.11. The molecular weight excluding hydrogens is 258 g/mol. The number of likely N-dealkylation sites (N-methyl/N-ethyl adjacent to an activating group) is 1. The first kappa shape index (κ1) is 12.9. The summed E-state index contributed by atoms with van der Waals surface area (Å²) >= 11 is 1.69. The summed E-state index contributed by atoms with van der Waals surface area (Å²) in [5.74, 6) is 1.14. The van der Waals surface area contributed by atoms with Gasteiger partial charge in [-0.05, 0) is 20.5 Å². The summed E-state index contributed by atoms with van der Waals surface area (Å²) in [7, 11) is 2.19. The molecule has 1 atom stereocenters. The number of nitrogens with zero attached hydrogens (tertiary/aromatic N) is 4. The largest absolute Gasteiger partial charge is 0.352 e. The fraction of sp³-hybridized carbons (Fsp3) is 0.615. The molecule has 0 bridgehead atoms. The van der Waals surface area contributed by atoms with Crippen LogP contribution in [0.4, 0.5) is 5.82 Å². The molecule has 1 aliphatic rings. The standard InChI is InChI=1S/C13H21N5S/c1-10-9-17(6-5-16(10)2)12-11(3-4-14)18-7-8-19-13(18)15-12/h7-8,10H,3-6,9,14H2,1-2H3. The molecule has 0 aromatic carbocycles. The Morgan fingerprint density at radius 2 is 2.32 bits per heavy atom. The Bertz CT molecular complexity index is 560. The highest BCUT2D eigenvalue weighted by Gasteiger charge is 2.25. The van der Waals surface area contributed by atoms with Crippen molar-refractivity contribution in [1.29, 1.82) is 0 Å². The van der Waals surface area contributed by atoms with E-state index >= 15 is 0 Å². The predicted octanol–water partition coefficient (Wildman–Crippen LogP) is 1.04. The van der Waals surface area contributed by atoms with Gasteiger partial charge in [-0.25, -0.2) is 4.98 Å². The summed E-state index contributed by atoms with van der Waals surface area (Å²) in [5.41, 5.74) is 7.02. The SMILES string of the molecule is CC1CN(c2nc3sccn3c2CCN)CCN1C. The average molecular weight is 279 g/mol. The van der Waals surface area contributed by atoms with E-state index in [1.54, 1.807) is 11.3 Å².